The van der Waals surface area contributed by atoms with E-state index in [1.165, 1.54) is 6.92 Å². The van der Waals surface area contributed by atoms with Crippen molar-refractivity contribution >= 4 is 18.0 Å². The fraction of sp³-hybridized carbons (Fsp3) is 0.500. The van der Waals surface area contributed by atoms with E-state index in [-0.39, 0.29) is 24.6 Å². The van der Waals surface area contributed by atoms with Gasteiger partial charge in [-0.15, -0.1) is 0 Å². The van der Waals surface area contributed by atoms with Crippen LogP contribution >= 0.6 is 0 Å². The van der Waals surface area contributed by atoms with E-state index in [0.717, 1.165) is 48.2 Å². The minimum Gasteiger partial charge on any atom is -0.462 e. The van der Waals surface area contributed by atoms with Crippen molar-refractivity contribution in [3.63, 3.8) is 0 Å². The smallest absolute Gasteiger partial charge is 0.407 e. The second kappa shape index (κ2) is 12.0. The zero-order chi connectivity index (χ0) is 27.3. The standard InChI is InChI=1S/C30H38N2O6/c1-20(33)37-21-13-16-32(17-14-21)18-15-27(28(34)38-30(2,3)4)31-29(35)36-19-26-24-11-7-5-9-22(24)23-10-6-8-12-25(23)26/h5-12,21,26-27H,13-19H2,1-4H3,(H,31,35)/t27-/m0/s1. The number of alkyl carbamates (subject to hydrolysis) is 1. The molecule has 0 bridgehead atoms. The lowest BCUT2D eigenvalue weighted by Crippen LogP contribution is -2.47. The third-order valence-corrected chi connectivity index (χ3v) is 6.93. The van der Waals surface area contributed by atoms with Crippen LogP contribution in [0.1, 0.15) is 64.0 Å². The van der Waals surface area contributed by atoms with Gasteiger partial charge in [0, 0.05) is 32.5 Å². The molecule has 0 radical (unpaired) electrons. The van der Waals surface area contributed by atoms with Crippen molar-refractivity contribution in [2.75, 3.05) is 26.2 Å². The van der Waals surface area contributed by atoms with E-state index in [9.17, 15) is 14.4 Å². The van der Waals surface area contributed by atoms with Crippen LogP contribution in [0.15, 0.2) is 48.5 Å². The van der Waals surface area contributed by atoms with Crippen molar-refractivity contribution in [2.24, 2.45) is 0 Å². The molecule has 204 valence electrons. The van der Waals surface area contributed by atoms with Crippen molar-refractivity contribution in [3.05, 3.63) is 59.7 Å². The molecule has 8 nitrogen and oxygen atoms in total. The van der Waals surface area contributed by atoms with E-state index in [0.29, 0.717) is 13.0 Å². The van der Waals surface area contributed by atoms with E-state index in [1.54, 1.807) is 20.8 Å². The zero-order valence-corrected chi connectivity index (χ0v) is 22.7. The van der Waals surface area contributed by atoms with Gasteiger partial charge in [-0.2, -0.15) is 0 Å². The zero-order valence-electron chi connectivity index (χ0n) is 22.7. The average molecular weight is 523 g/mol. The van der Waals surface area contributed by atoms with E-state index < -0.39 is 23.7 Å². The van der Waals surface area contributed by atoms with Gasteiger partial charge < -0.3 is 24.4 Å². The monoisotopic (exact) mass is 522 g/mol. The normalized spacial score (nSPS) is 16.7. The van der Waals surface area contributed by atoms with E-state index in [2.05, 4.69) is 34.5 Å². The van der Waals surface area contributed by atoms with Gasteiger partial charge in [-0.05, 0) is 62.3 Å². The van der Waals surface area contributed by atoms with Crippen LogP contribution in [0.4, 0.5) is 4.79 Å². The van der Waals surface area contributed by atoms with Gasteiger partial charge in [-0.25, -0.2) is 9.59 Å². The highest BCUT2D eigenvalue weighted by Crippen LogP contribution is 2.44. The van der Waals surface area contributed by atoms with E-state index >= 15 is 0 Å². The van der Waals surface area contributed by atoms with Crippen molar-refractivity contribution in [1.29, 1.82) is 0 Å². The molecule has 1 amide bonds. The Hall–Kier alpha value is -3.39. The lowest BCUT2D eigenvalue weighted by molar-refractivity contribution is -0.158. The summed E-state index contributed by atoms with van der Waals surface area (Å²) in [5, 5.41) is 2.75. The number of piperidine rings is 1. The number of rotatable bonds is 8. The Bertz CT molecular complexity index is 1100. The van der Waals surface area contributed by atoms with Crippen molar-refractivity contribution in [1.82, 2.24) is 10.2 Å². The first kappa shape index (κ1) is 27.6. The molecule has 0 unspecified atom stereocenters. The Balaban J connectivity index is 1.35. The molecule has 1 heterocycles. The molecule has 2 aromatic rings. The third-order valence-electron chi connectivity index (χ3n) is 6.93. The molecule has 38 heavy (non-hydrogen) atoms. The summed E-state index contributed by atoms with van der Waals surface area (Å²) in [6.45, 7) is 9.10. The molecule has 8 heteroatoms. The van der Waals surface area contributed by atoms with Crippen molar-refractivity contribution < 1.29 is 28.6 Å². The summed E-state index contributed by atoms with van der Waals surface area (Å²) >= 11 is 0. The lowest BCUT2D eigenvalue weighted by Gasteiger charge is -2.32. The number of hydrogen-bond donors (Lipinski definition) is 1. The molecule has 0 saturated carbocycles. The number of nitrogens with zero attached hydrogens (tertiary/aromatic N) is 1. The molecule has 0 spiro atoms. The summed E-state index contributed by atoms with van der Waals surface area (Å²) in [6, 6.07) is 15.5. The predicted molar refractivity (Wildman–Crippen MR) is 144 cm³/mol. The van der Waals surface area contributed by atoms with Crippen molar-refractivity contribution in [2.45, 2.75) is 70.6 Å². The molecule has 1 saturated heterocycles. The Morgan fingerprint density at radius 3 is 2.11 bits per heavy atom. The first-order chi connectivity index (χ1) is 18.1. The maximum absolute atomic E-state index is 13.0. The van der Waals surface area contributed by atoms with Gasteiger partial charge >= 0.3 is 18.0 Å². The van der Waals surface area contributed by atoms with Crippen LogP contribution in [-0.4, -0.2) is 66.9 Å². The van der Waals surface area contributed by atoms with Crippen LogP contribution in [0.5, 0.6) is 0 Å². The summed E-state index contributed by atoms with van der Waals surface area (Å²) in [7, 11) is 0. The number of benzene rings is 2. The summed E-state index contributed by atoms with van der Waals surface area (Å²) in [4.78, 5) is 39.3. The first-order valence-electron chi connectivity index (χ1n) is 13.3. The van der Waals surface area contributed by atoms with Gasteiger partial charge in [0.25, 0.3) is 0 Å². The molecular formula is C30H38N2O6. The number of carbonyl (C=O) groups is 3. The fourth-order valence-corrected chi connectivity index (χ4v) is 5.20. The number of hydrogen-bond acceptors (Lipinski definition) is 7. The Labute approximate surface area is 224 Å². The topological polar surface area (TPSA) is 94.2 Å². The second-order valence-electron chi connectivity index (χ2n) is 11.0. The summed E-state index contributed by atoms with van der Waals surface area (Å²) < 4.78 is 16.6. The fourth-order valence-electron chi connectivity index (χ4n) is 5.20. The van der Waals surface area contributed by atoms with Gasteiger partial charge in [0.15, 0.2) is 0 Å². The van der Waals surface area contributed by atoms with Crippen LogP contribution < -0.4 is 5.32 Å². The summed E-state index contributed by atoms with van der Waals surface area (Å²) in [6.07, 6.45) is 1.17. The van der Waals surface area contributed by atoms with Gasteiger partial charge in [-0.3, -0.25) is 4.79 Å². The largest absolute Gasteiger partial charge is 0.462 e. The number of nitrogens with one attached hydrogen (secondary N) is 1. The molecule has 1 aliphatic heterocycles. The quantitative estimate of drug-likeness (QED) is 0.398. The van der Waals surface area contributed by atoms with Crippen LogP contribution in [0.3, 0.4) is 0 Å². The average Bonchev–Trinajstić information content (AvgIpc) is 3.18. The Morgan fingerprint density at radius 2 is 1.55 bits per heavy atom. The number of ether oxygens (including phenoxy) is 3. The number of likely N-dealkylation sites (tertiary alicyclic amines) is 1. The van der Waals surface area contributed by atoms with Gasteiger partial charge in [0.1, 0.15) is 24.4 Å². The first-order valence-corrected chi connectivity index (χ1v) is 13.3. The van der Waals surface area contributed by atoms with Crippen LogP contribution in [0.2, 0.25) is 0 Å². The molecule has 4 rings (SSSR count). The van der Waals surface area contributed by atoms with Gasteiger partial charge in [0.2, 0.25) is 0 Å². The third kappa shape index (κ3) is 7.13. The number of amides is 1. The van der Waals surface area contributed by atoms with E-state index in [4.69, 9.17) is 14.2 Å². The van der Waals surface area contributed by atoms with Gasteiger partial charge in [-0.1, -0.05) is 48.5 Å². The Kier molecular flexibility index (Phi) is 8.72. The maximum atomic E-state index is 13.0. The van der Waals surface area contributed by atoms with Crippen LogP contribution in [0, 0.1) is 0 Å². The van der Waals surface area contributed by atoms with Crippen molar-refractivity contribution in [3.8, 4) is 11.1 Å². The predicted octanol–water partition coefficient (Wildman–Crippen LogP) is 4.65. The molecule has 0 aromatic heterocycles. The minimum atomic E-state index is -0.837. The Morgan fingerprint density at radius 1 is 0.974 bits per heavy atom. The molecule has 2 aromatic carbocycles. The van der Waals surface area contributed by atoms with E-state index in [1.807, 2.05) is 24.3 Å². The maximum Gasteiger partial charge on any atom is 0.407 e. The molecule has 1 aliphatic carbocycles. The highest BCUT2D eigenvalue weighted by atomic mass is 16.6. The SMILES string of the molecule is CC(=O)OC1CCN(CC[C@H](NC(=O)OCC2c3ccccc3-c3ccccc32)C(=O)OC(C)(C)C)CC1. The van der Waals surface area contributed by atoms with Gasteiger partial charge in [0.05, 0.1) is 0 Å². The summed E-state index contributed by atoms with van der Waals surface area (Å²) in [5.41, 5.74) is 3.88. The van der Waals surface area contributed by atoms with Crippen LogP contribution in [0.25, 0.3) is 11.1 Å². The molecule has 1 N–H and O–H groups in total. The molecule has 1 fully saturated rings. The highest BCUT2D eigenvalue weighted by Gasteiger charge is 2.31. The minimum absolute atomic E-state index is 0.0633. The second-order valence-corrected chi connectivity index (χ2v) is 11.0. The highest BCUT2D eigenvalue weighted by molar-refractivity contribution is 5.82. The van der Waals surface area contributed by atoms with Crippen LogP contribution in [-0.2, 0) is 23.8 Å². The number of carbonyl (C=O) groups excluding carboxylic acids is 3. The number of fused-ring (bicyclic) bond motifs is 3. The molecule has 2 aliphatic rings. The lowest BCUT2D eigenvalue weighted by atomic mass is 9.98. The summed E-state index contributed by atoms with van der Waals surface area (Å²) in [5.74, 6) is -0.812. The molecular weight excluding hydrogens is 484 g/mol. The number of esters is 2. The molecule has 1 atom stereocenters.